The van der Waals surface area contributed by atoms with Crippen molar-refractivity contribution in [3.63, 3.8) is 0 Å². The second-order valence-corrected chi connectivity index (χ2v) is 8.51. The average Bonchev–Trinajstić information content (AvgIpc) is 3.40. The highest BCUT2D eigenvalue weighted by atomic mass is 35.5. The number of hydrogen-bond acceptors (Lipinski definition) is 6. The molecule has 9 nitrogen and oxygen atoms in total. The summed E-state index contributed by atoms with van der Waals surface area (Å²) in [5.74, 6) is 0.184. The van der Waals surface area contributed by atoms with E-state index in [1.807, 2.05) is 4.90 Å². The zero-order chi connectivity index (χ0) is 20.4. The van der Waals surface area contributed by atoms with Gasteiger partial charge in [-0.3, -0.25) is 9.59 Å². The largest absolute Gasteiger partial charge is 0.446 e. The van der Waals surface area contributed by atoms with E-state index in [9.17, 15) is 14.4 Å². The van der Waals surface area contributed by atoms with E-state index in [1.165, 1.54) is 6.20 Å². The Labute approximate surface area is 173 Å². The molecule has 2 saturated carbocycles. The molecule has 1 saturated heterocycles. The van der Waals surface area contributed by atoms with Crippen LogP contribution < -0.4 is 21.1 Å². The first-order valence-corrected chi connectivity index (χ1v) is 10.6. The number of amides is 2. The van der Waals surface area contributed by atoms with Gasteiger partial charge in [0.05, 0.1) is 17.9 Å². The van der Waals surface area contributed by atoms with Crippen LogP contribution in [-0.2, 0) is 9.53 Å². The van der Waals surface area contributed by atoms with Crippen molar-refractivity contribution in [3.8, 4) is 0 Å². The number of carbonyl (C=O) groups is 2. The Morgan fingerprint density at radius 1 is 1.10 bits per heavy atom. The molecule has 1 aliphatic heterocycles. The Bertz CT molecular complexity index is 819. The highest BCUT2D eigenvalue weighted by Gasteiger charge is 2.32. The maximum Gasteiger partial charge on any atom is 0.407 e. The van der Waals surface area contributed by atoms with E-state index in [0.29, 0.717) is 37.7 Å². The zero-order valence-corrected chi connectivity index (χ0v) is 16.9. The number of aromatic amines is 1. The van der Waals surface area contributed by atoms with Crippen molar-refractivity contribution in [2.75, 3.05) is 18.0 Å². The van der Waals surface area contributed by atoms with Gasteiger partial charge in [-0.05, 0) is 44.9 Å². The van der Waals surface area contributed by atoms with Crippen molar-refractivity contribution in [2.24, 2.45) is 5.92 Å². The summed E-state index contributed by atoms with van der Waals surface area (Å²) < 4.78 is 5.56. The normalized spacial score (nSPS) is 26.8. The number of halogens is 1. The van der Waals surface area contributed by atoms with Crippen LogP contribution in [0.15, 0.2) is 11.0 Å². The Kier molecular flexibility index (Phi) is 5.94. The fourth-order valence-electron chi connectivity index (χ4n) is 4.03. The zero-order valence-electron chi connectivity index (χ0n) is 16.2. The molecule has 158 valence electrons. The molecule has 4 rings (SSSR count). The summed E-state index contributed by atoms with van der Waals surface area (Å²) in [5.41, 5.74) is 0.136. The number of nitrogens with zero attached hydrogens (tertiary/aromatic N) is 2. The van der Waals surface area contributed by atoms with Crippen LogP contribution in [0.4, 0.5) is 10.5 Å². The number of H-pyrrole nitrogens is 1. The molecule has 2 heterocycles. The van der Waals surface area contributed by atoms with Crippen molar-refractivity contribution in [2.45, 2.75) is 63.1 Å². The fraction of sp³-hybridized carbons (Fsp3) is 0.684. The SMILES string of the molecule is O=C(N[C@@H]1CCN(c2cn[nH]c(=O)c2Cl)C1)OC1CCC(C(=O)NC2CC2)CC1. The van der Waals surface area contributed by atoms with E-state index in [-0.39, 0.29) is 29.0 Å². The molecule has 1 aromatic heterocycles. The smallest absolute Gasteiger partial charge is 0.407 e. The lowest BCUT2D eigenvalue weighted by molar-refractivity contribution is -0.126. The molecule has 29 heavy (non-hydrogen) atoms. The van der Waals surface area contributed by atoms with Crippen LogP contribution in [0.2, 0.25) is 5.02 Å². The van der Waals surface area contributed by atoms with E-state index in [0.717, 1.165) is 32.1 Å². The van der Waals surface area contributed by atoms with Gasteiger partial charge in [0.2, 0.25) is 5.91 Å². The van der Waals surface area contributed by atoms with Crippen molar-refractivity contribution >= 4 is 29.3 Å². The molecule has 0 bridgehead atoms. The lowest BCUT2D eigenvalue weighted by atomic mass is 9.87. The molecular weight excluding hydrogens is 398 g/mol. The number of ether oxygens (including phenoxy) is 1. The third kappa shape index (κ3) is 5.01. The molecule has 3 aliphatic rings. The van der Waals surface area contributed by atoms with Gasteiger partial charge >= 0.3 is 6.09 Å². The molecule has 2 amide bonds. The minimum atomic E-state index is -0.433. The third-order valence-electron chi connectivity index (χ3n) is 5.87. The first-order valence-electron chi connectivity index (χ1n) is 10.2. The summed E-state index contributed by atoms with van der Waals surface area (Å²) in [5, 5.41) is 12.1. The Balaban J connectivity index is 1.20. The second kappa shape index (κ2) is 8.61. The van der Waals surface area contributed by atoms with Crippen LogP contribution in [0, 0.1) is 5.92 Å². The molecule has 0 unspecified atom stereocenters. The molecule has 0 spiro atoms. The highest BCUT2D eigenvalue weighted by Crippen LogP contribution is 2.29. The average molecular weight is 424 g/mol. The van der Waals surface area contributed by atoms with Crippen LogP contribution in [0.1, 0.15) is 44.9 Å². The van der Waals surface area contributed by atoms with Crippen LogP contribution in [0.25, 0.3) is 0 Å². The van der Waals surface area contributed by atoms with Gasteiger partial charge in [0.15, 0.2) is 0 Å². The summed E-state index contributed by atoms with van der Waals surface area (Å²) in [6, 6.07) is 0.298. The van der Waals surface area contributed by atoms with Gasteiger partial charge in [-0.15, -0.1) is 0 Å². The quantitative estimate of drug-likeness (QED) is 0.661. The number of aromatic nitrogens is 2. The summed E-state index contributed by atoms with van der Waals surface area (Å²) in [7, 11) is 0. The number of alkyl carbamates (subject to hydrolysis) is 1. The predicted octanol–water partition coefficient (Wildman–Crippen LogP) is 1.57. The standard InChI is InChI=1S/C19H26ClN5O4/c20-16-15(9-21-24-18(16)27)25-8-7-13(10-25)23-19(28)29-14-5-1-11(2-6-14)17(26)22-12-3-4-12/h9,11-14H,1-8,10H2,(H,22,26)(H,23,28)(H,24,27)/t11?,13-,14?/m1/s1. The molecular formula is C19H26ClN5O4. The number of hydrogen-bond donors (Lipinski definition) is 3. The van der Waals surface area contributed by atoms with Crippen LogP contribution in [0.5, 0.6) is 0 Å². The lowest BCUT2D eigenvalue weighted by Crippen LogP contribution is -2.41. The molecule has 1 atom stereocenters. The topological polar surface area (TPSA) is 116 Å². The van der Waals surface area contributed by atoms with Gasteiger partial charge < -0.3 is 20.3 Å². The second-order valence-electron chi connectivity index (χ2n) is 8.14. The van der Waals surface area contributed by atoms with E-state index < -0.39 is 11.7 Å². The summed E-state index contributed by atoms with van der Waals surface area (Å²) in [6.45, 7) is 1.20. The third-order valence-corrected chi connectivity index (χ3v) is 6.24. The van der Waals surface area contributed by atoms with Crippen molar-refractivity contribution in [1.29, 1.82) is 0 Å². The number of anilines is 1. The van der Waals surface area contributed by atoms with Gasteiger partial charge in [-0.2, -0.15) is 5.10 Å². The Hall–Kier alpha value is -2.29. The minimum absolute atomic E-state index is 0.0364. The predicted molar refractivity (Wildman–Crippen MR) is 107 cm³/mol. The number of nitrogens with one attached hydrogen (secondary N) is 3. The van der Waals surface area contributed by atoms with Crippen molar-refractivity contribution < 1.29 is 14.3 Å². The molecule has 0 aromatic carbocycles. The Morgan fingerprint density at radius 2 is 1.86 bits per heavy atom. The maximum absolute atomic E-state index is 12.3. The first kappa shape index (κ1) is 20.0. The van der Waals surface area contributed by atoms with Crippen LogP contribution >= 0.6 is 11.6 Å². The van der Waals surface area contributed by atoms with E-state index >= 15 is 0 Å². The van der Waals surface area contributed by atoms with Gasteiger partial charge in [-0.1, -0.05) is 11.6 Å². The fourth-order valence-corrected chi connectivity index (χ4v) is 4.24. The molecule has 3 N–H and O–H groups in total. The van der Waals surface area contributed by atoms with Gasteiger partial charge in [0.1, 0.15) is 11.1 Å². The minimum Gasteiger partial charge on any atom is -0.446 e. The molecule has 0 radical (unpaired) electrons. The lowest BCUT2D eigenvalue weighted by Gasteiger charge is -2.28. The van der Waals surface area contributed by atoms with Gasteiger partial charge in [0.25, 0.3) is 5.56 Å². The molecule has 2 aliphatic carbocycles. The Morgan fingerprint density at radius 3 is 2.59 bits per heavy atom. The van der Waals surface area contributed by atoms with Crippen molar-refractivity contribution in [3.05, 3.63) is 21.6 Å². The summed E-state index contributed by atoms with van der Waals surface area (Å²) in [6.07, 6.45) is 6.76. The van der Waals surface area contributed by atoms with Crippen molar-refractivity contribution in [1.82, 2.24) is 20.8 Å². The van der Waals surface area contributed by atoms with E-state index in [1.54, 1.807) is 0 Å². The highest BCUT2D eigenvalue weighted by molar-refractivity contribution is 6.33. The number of carbonyl (C=O) groups excluding carboxylic acids is 2. The van der Waals surface area contributed by atoms with Gasteiger partial charge in [0, 0.05) is 25.0 Å². The van der Waals surface area contributed by atoms with Crippen LogP contribution in [0.3, 0.4) is 0 Å². The first-order chi connectivity index (χ1) is 14.0. The molecule has 10 heteroatoms. The van der Waals surface area contributed by atoms with E-state index in [2.05, 4.69) is 20.8 Å². The summed E-state index contributed by atoms with van der Waals surface area (Å²) >= 11 is 6.05. The van der Waals surface area contributed by atoms with E-state index in [4.69, 9.17) is 16.3 Å². The van der Waals surface area contributed by atoms with Gasteiger partial charge in [-0.25, -0.2) is 9.89 Å². The maximum atomic E-state index is 12.3. The monoisotopic (exact) mass is 423 g/mol. The molecule has 3 fully saturated rings. The summed E-state index contributed by atoms with van der Waals surface area (Å²) in [4.78, 5) is 37.9. The number of rotatable bonds is 5. The van der Waals surface area contributed by atoms with Crippen LogP contribution in [-0.4, -0.2) is 53.5 Å². The molecule has 1 aromatic rings.